The number of hydrogen-bond acceptors (Lipinski definition) is 4. The van der Waals surface area contributed by atoms with Crippen molar-refractivity contribution in [2.24, 2.45) is 0 Å². The molecule has 0 unspecified atom stereocenters. The van der Waals surface area contributed by atoms with Gasteiger partial charge in [0.15, 0.2) is 0 Å². The molecule has 144 valence electrons. The van der Waals surface area contributed by atoms with Crippen LogP contribution in [-0.2, 0) is 20.7 Å². The minimum atomic E-state index is -0.180. The third-order valence-corrected chi connectivity index (χ3v) is 5.68. The van der Waals surface area contributed by atoms with Crippen LogP contribution in [0.4, 0.5) is 5.69 Å². The Morgan fingerprint density at radius 3 is 2.85 bits per heavy atom. The van der Waals surface area contributed by atoms with Gasteiger partial charge in [0.1, 0.15) is 0 Å². The monoisotopic (exact) mass is 386 g/mol. The molecule has 27 heavy (non-hydrogen) atoms. The van der Waals surface area contributed by atoms with Crippen LogP contribution in [0.3, 0.4) is 0 Å². The van der Waals surface area contributed by atoms with E-state index in [0.717, 1.165) is 41.8 Å². The third-order valence-electron chi connectivity index (χ3n) is 4.95. The summed E-state index contributed by atoms with van der Waals surface area (Å²) in [5, 5.41) is 6.88. The van der Waals surface area contributed by atoms with Crippen LogP contribution in [-0.4, -0.2) is 42.5 Å². The van der Waals surface area contributed by atoms with Crippen molar-refractivity contribution in [1.29, 1.82) is 0 Å². The highest BCUT2D eigenvalue weighted by Crippen LogP contribution is 2.19. The fourth-order valence-corrected chi connectivity index (χ4v) is 3.89. The van der Waals surface area contributed by atoms with Gasteiger partial charge in [-0.2, -0.15) is 11.3 Å². The molecule has 0 aliphatic carbocycles. The van der Waals surface area contributed by atoms with E-state index in [1.165, 1.54) is 0 Å². The number of thiophene rings is 1. The lowest BCUT2D eigenvalue weighted by Gasteiger charge is -2.25. The molecule has 3 rings (SSSR count). The first-order valence-corrected chi connectivity index (χ1v) is 10.2. The zero-order valence-corrected chi connectivity index (χ0v) is 16.7. The second kappa shape index (κ2) is 9.15. The number of carbonyl (C=O) groups is 2. The number of hydrogen-bond donors (Lipinski definition) is 1. The van der Waals surface area contributed by atoms with Gasteiger partial charge in [0.2, 0.25) is 11.8 Å². The Hall–Kier alpha value is -2.18. The van der Waals surface area contributed by atoms with Crippen LogP contribution in [0.2, 0.25) is 0 Å². The smallest absolute Gasteiger partial charge is 0.244 e. The number of carbonyl (C=O) groups excluding carboxylic acids is 2. The average Bonchev–Trinajstić information content (AvgIpc) is 3.32. The molecule has 0 spiro atoms. The van der Waals surface area contributed by atoms with E-state index in [4.69, 9.17) is 4.74 Å². The number of nitrogens with zero attached hydrogens (tertiary/aromatic N) is 1. The highest BCUT2D eigenvalue weighted by Gasteiger charge is 2.24. The van der Waals surface area contributed by atoms with Crippen molar-refractivity contribution in [2.75, 3.05) is 25.0 Å². The molecule has 1 atom stereocenters. The van der Waals surface area contributed by atoms with E-state index >= 15 is 0 Å². The van der Waals surface area contributed by atoms with Crippen molar-refractivity contribution in [3.05, 3.63) is 51.7 Å². The van der Waals surface area contributed by atoms with Crippen LogP contribution in [0, 0.1) is 13.8 Å². The maximum atomic E-state index is 12.8. The van der Waals surface area contributed by atoms with E-state index in [-0.39, 0.29) is 24.5 Å². The first kappa shape index (κ1) is 19.6. The van der Waals surface area contributed by atoms with Gasteiger partial charge in [-0.25, -0.2) is 0 Å². The third kappa shape index (κ3) is 5.40. The molecular formula is C21H26N2O3S. The fraction of sp³-hybridized carbons (Fsp3) is 0.429. The van der Waals surface area contributed by atoms with Crippen molar-refractivity contribution < 1.29 is 14.3 Å². The van der Waals surface area contributed by atoms with E-state index < -0.39 is 0 Å². The number of aryl methyl sites for hydroxylation is 1. The van der Waals surface area contributed by atoms with Gasteiger partial charge in [0.25, 0.3) is 0 Å². The van der Waals surface area contributed by atoms with Crippen LogP contribution in [0.25, 0.3) is 0 Å². The van der Waals surface area contributed by atoms with Gasteiger partial charge in [-0.1, -0.05) is 12.1 Å². The van der Waals surface area contributed by atoms with E-state index in [2.05, 4.69) is 5.32 Å². The highest BCUT2D eigenvalue weighted by atomic mass is 32.1. The lowest BCUT2D eigenvalue weighted by atomic mass is 10.1. The first-order chi connectivity index (χ1) is 13.0. The van der Waals surface area contributed by atoms with Crippen LogP contribution in [0.5, 0.6) is 0 Å². The van der Waals surface area contributed by atoms with Crippen LogP contribution >= 0.6 is 11.3 Å². The second-order valence-corrected chi connectivity index (χ2v) is 7.79. The van der Waals surface area contributed by atoms with Gasteiger partial charge >= 0.3 is 0 Å². The predicted molar refractivity (Wildman–Crippen MR) is 108 cm³/mol. The van der Waals surface area contributed by atoms with E-state index in [1.807, 2.05) is 48.9 Å². The lowest BCUT2D eigenvalue weighted by Crippen LogP contribution is -2.43. The number of nitrogens with one attached hydrogen (secondary N) is 1. The van der Waals surface area contributed by atoms with Crippen molar-refractivity contribution in [1.82, 2.24) is 4.90 Å². The summed E-state index contributed by atoms with van der Waals surface area (Å²) in [6.07, 6.45) is 2.27. The number of amides is 2. The van der Waals surface area contributed by atoms with Gasteiger partial charge in [-0.05, 0) is 66.3 Å². The van der Waals surface area contributed by atoms with Gasteiger partial charge in [0.05, 0.1) is 19.1 Å². The fourth-order valence-electron chi connectivity index (χ4n) is 3.22. The molecule has 0 bridgehead atoms. The lowest BCUT2D eigenvalue weighted by molar-refractivity contribution is -0.135. The summed E-state index contributed by atoms with van der Waals surface area (Å²) in [5.74, 6) is -0.222. The summed E-state index contributed by atoms with van der Waals surface area (Å²) in [6.45, 7) is 5.22. The van der Waals surface area contributed by atoms with Gasteiger partial charge in [0, 0.05) is 18.8 Å². The first-order valence-electron chi connectivity index (χ1n) is 9.29. The predicted octanol–water partition coefficient (Wildman–Crippen LogP) is 3.55. The molecule has 0 saturated carbocycles. The van der Waals surface area contributed by atoms with Crippen LogP contribution in [0.15, 0.2) is 35.0 Å². The zero-order chi connectivity index (χ0) is 19.2. The summed E-state index contributed by atoms with van der Waals surface area (Å²) in [6, 6.07) is 7.77. The molecule has 1 aliphatic rings. The molecule has 1 aromatic heterocycles. The molecule has 6 heteroatoms. The summed E-state index contributed by atoms with van der Waals surface area (Å²) in [5.41, 5.74) is 3.94. The van der Waals surface area contributed by atoms with Gasteiger partial charge < -0.3 is 15.0 Å². The molecule has 1 fully saturated rings. The number of ether oxygens (including phenoxy) is 1. The number of anilines is 1. The largest absolute Gasteiger partial charge is 0.376 e. The average molecular weight is 387 g/mol. The maximum absolute atomic E-state index is 12.8. The molecular weight excluding hydrogens is 360 g/mol. The SMILES string of the molecule is Cc1cccc(NC(=O)CN(C[C@@H]2CCCO2)C(=O)Cc2ccsc2)c1C. The summed E-state index contributed by atoms with van der Waals surface area (Å²) < 4.78 is 5.68. The Balaban J connectivity index is 1.66. The van der Waals surface area contributed by atoms with Crippen LogP contribution < -0.4 is 5.32 Å². The molecule has 2 heterocycles. The second-order valence-electron chi connectivity index (χ2n) is 7.01. The number of rotatable bonds is 7. The van der Waals surface area contributed by atoms with Crippen molar-refractivity contribution in [3.8, 4) is 0 Å². The Labute approximate surface area is 164 Å². The summed E-state index contributed by atoms with van der Waals surface area (Å²) in [7, 11) is 0. The standard InChI is InChI=1S/C21H26N2O3S/c1-15-5-3-7-19(16(15)2)22-20(24)13-23(12-18-6-4-9-26-18)21(25)11-17-8-10-27-14-17/h3,5,7-8,10,14,18H,4,6,9,11-13H2,1-2H3,(H,22,24)/t18-/m0/s1. The van der Waals surface area contributed by atoms with E-state index in [1.54, 1.807) is 16.2 Å². The molecule has 1 aromatic carbocycles. The number of benzene rings is 1. The quantitative estimate of drug-likeness (QED) is 0.792. The molecule has 2 amide bonds. The molecule has 1 aliphatic heterocycles. The Kier molecular flexibility index (Phi) is 6.63. The molecule has 2 aromatic rings. The molecule has 1 saturated heterocycles. The maximum Gasteiger partial charge on any atom is 0.244 e. The zero-order valence-electron chi connectivity index (χ0n) is 15.9. The molecule has 5 nitrogen and oxygen atoms in total. The Bertz CT molecular complexity index is 783. The van der Waals surface area contributed by atoms with Crippen molar-refractivity contribution in [2.45, 2.75) is 39.2 Å². The normalized spacial score (nSPS) is 16.3. The minimum Gasteiger partial charge on any atom is -0.376 e. The van der Waals surface area contributed by atoms with Gasteiger partial charge in [-0.3, -0.25) is 9.59 Å². The highest BCUT2D eigenvalue weighted by molar-refractivity contribution is 7.08. The summed E-state index contributed by atoms with van der Waals surface area (Å²) in [4.78, 5) is 27.1. The molecule has 0 radical (unpaired) electrons. The van der Waals surface area contributed by atoms with Gasteiger partial charge in [-0.15, -0.1) is 0 Å². The van der Waals surface area contributed by atoms with Crippen molar-refractivity contribution >= 4 is 28.8 Å². The Morgan fingerprint density at radius 2 is 2.15 bits per heavy atom. The van der Waals surface area contributed by atoms with Crippen LogP contribution in [0.1, 0.15) is 29.5 Å². The molecule has 1 N–H and O–H groups in total. The van der Waals surface area contributed by atoms with Crippen molar-refractivity contribution in [3.63, 3.8) is 0 Å². The minimum absolute atomic E-state index is 0.0185. The summed E-state index contributed by atoms with van der Waals surface area (Å²) >= 11 is 1.57. The topological polar surface area (TPSA) is 58.6 Å². The van der Waals surface area contributed by atoms with E-state index in [9.17, 15) is 9.59 Å². The Morgan fingerprint density at radius 1 is 1.30 bits per heavy atom. The van der Waals surface area contributed by atoms with E-state index in [0.29, 0.717) is 13.0 Å².